The summed E-state index contributed by atoms with van der Waals surface area (Å²) in [6.07, 6.45) is 0. The Bertz CT molecular complexity index is 466. The van der Waals surface area contributed by atoms with Crippen LogP contribution in [0.3, 0.4) is 0 Å². The Labute approximate surface area is 112 Å². The maximum Gasteiger partial charge on any atom is 0.254 e. The Kier molecular flexibility index (Phi) is 3.92. The van der Waals surface area contributed by atoms with E-state index < -0.39 is 5.82 Å². The van der Waals surface area contributed by atoms with Gasteiger partial charge in [-0.05, 0) is 32.2 Å². The van der Waals surface area contributed by atoms with Crippen molar-refractivity contribution in [3.8, 4) is 0 Å². The summed E-state index contributed by atoms with van der Waals surface area (Å²) in [6, 6.07) is 4.47. The summed E-state index contributed by atoms with van der Waals surface area (Å²) >= 11 is 4.01. The number of thiol groups is 1. The number of rotatable bonds is 1. The lowest BCUT2D eigenvalue weighted by atomic mass is 10.1. The quantitative estimate of drug-likeness (QED) is 0.786. The number of piperazine rings is 1. The van der Waals surface area contributed by atoms with Crippen LogP contribution in [0, 0.1) is 5.82 Å². The van der Waals surface area contributed by atoms with E-state index in [1.54, 1.807) is 0 Å². The highest BCUT2D eigenvalue weighted by molar-refractivity contribution is 7.80. The first-order valence-corrected chi connectivity index (χ1v) is 6.42. The van der Waals surface area contributed by atoms with Gasteiger partial charge in [0.25, 0.3) is 5.91 Å². The molecule has 0 bridgehead atoms. The topological polar surface area (TPSA) is 23.6 Å². The van der Waals surface area contributed by atoms with Gasteiger partial charge in [-0.2, -0.15) is 0 Å². The largest absolute Gasteiger partial charge is 0.333 e. The van der Waals surface area contributed by atoms with Crippen molar-refractivity contribution in [2.75, 3.05) is 26.7 Å². The molecule has 0 N–H and O–H groups in total. The second kappa shape index (κ2) is 5.28. The monoisotopic (exact) mass is 268 g/mol. The van der Waals surface area contributed by atoms with Crippen LogP contribution in [0.1, 0.15) is 17.3 Å². The number of carbonyl (C=O) groups is 1. The molecule has 1 aromatic rings. The summed E-state index contributed by atoms with van der Waals surface area (Å²) in [5.41, 5.74) is 0.498. The Hall–Kier alpha value is -1.07. The average Bonchev–Trinajstić information content (AvgIpc) is 2.32. The van der Waals surface area contributed by atoms with Gasteiger partial charge in [-0.1, -0.05) is 0 Å². The molecule has 0 aliphatic carbocycles. The average molecular weight is 268 g/mol. The third-order valence-electron chi connectivity index (χ3n) is 3.28. The third-order valence-corrected chi connectivity index (χ3v) is 3.63. The van der Waals surface area contributed by atoms with Crippen LogP contribution in [0.25, 0.3) is 0 Å². The molecule has 2 rings (SSSR count). The van der Waals surface area contributed by atoms with Crippen LogP contribution in [0.5, 0.6) is 0 Å². The molecule has 1 fully saturated rings. The predicted molar refractivity (Wildman–Crippen MR) is 71.6 cm³/mol. The molecule has 1 saturated heterocycles. The fraction of sp³-hybridized carbons (Fsp3) is 0.462. The zero-order valence-corrected chi connectivity index (χ0v) is 11.5. The van der Waals surface area contributed by atoms with Gasteiger partial charge in [-0.15, -0.1) is 12.6 Å². The van der Waals surface area contributed by atoms with Crippen molar-refractivity contribution < 1.29 is 9.18 Å². The van der Waals surface area contributed by atoms with E-state index in [1.807, 2.05) is 18.9 Å². The first-order chi connectivity index (χ1) is 8.49. The summed E-state index contributed by atoms with van der Waals surface area (Å²) in [4.78, 5) is 16.6. The second-order valence-electron chi connectivity index (χ2n) is 4.78. The SMILES string of the molecule is CC1CN(C)CCN1C(=O)c1ccc(F)c(S)c1. The minimum atomic E-state index is -0.402. The number of nitrogens with zero attached hydrogens (tertiary/aromatic N) is 2. The van der Waals surface area contributed by atoms with E-state index >= 15 is 0 Å². The maximum absolute atomic E-state index is 13.1. The second-order valence-corrected chi connectivity index (χ2v) is 5.26. The highest BCUT2D eigenvalue weighted by Gasteiger charge is 2.26. The van der Waals surface area contributed by atoms with Gasteiger partial charge in [-0.25, -0.2) is 4.39 Å². The molecule has 1 heterocycles. The number of amides is 1. The Morgan fingerprint density at radius 1 is 1.44 bits per heavy atom. The van der Waals surface area contributed by atoms with Crippen molar-refractivity contribution in [3.63, 3.8) is 0 Å². The number of halogens is 1. The van der Waals surface area contributed by atoms with Crippen LogP contribution < -0.4 is 0 Å². The maximum atomic E-state index is 13.1. The molecule has 1 aliphatic rings. The van der Waals surface area contributed by atoms with E-state index in [0.717, 1.165) is 13.1 Å². The van der Waals surface area contributed by atoms with Gasteiger partial charge in [0.2, 0.25) is 0 Å². The van der Waals surface area contributed by atoms with Crippen LogP contribution in [0.15, 0.2) is 23.1 Å². The summed E-state index contributed by atoms with van der Waals surface area (Å²) in [5, 5.41) is 0. The minimum Gasteiger partial charge on any atom is -0.333 e. The number of hydrogen-bond donors (Lipinski definition) is 1. The molecule has 0 saturated carbocycles. The number of hydrogen-bond acceptors (Lipinski definition) is 3. The van der Waals surface area contributed by atoms with Crippen molar-refractivity contribution in [2.45, 2.75) is 17.9 Å². The Morgan fingerprint density at radius 3 is 2.78 bits per heavy atom. The Morgan fingerprint density at radius 2 is 2.17 bits per heavy atom. The van der Waals surface area contributed by atoms with Gasteiger partial charge in [0.1, 0.15) is 5.82 Å². The van der Waals surface area contributed by atoms with E-state index in [4.69, 9.17) is 0 Å². The molecule has 1 aliphatic heterocycles. The van der Waals surface area contributed by atoms with Gasteiger partial charge in [0, 0.05) is 36.1 Å². The highest BCUT2D eigenvalue weighted by Crippen LogP contribution is 2.18. The van der Waals surface area contributed by atoms with Crippen LogP contribution in [-0.2, 0) is 0 Å². The third kappa shape index (κ3) is 2.67. The lowest BCUT2D eigenvalue weighted by Gasteiger charge is -2.38. The molecular weight excluding hydrogens is 251 g/mol. The molecule has 1 atom stereocenters. The van der Waals surface area contributed by atoms with Crippen LogP contribution >= 0.6 is 12.6 Å². The van der Waals surface area contributed by atoms with E-state index in [2.05, 4.69) is 17.5 Å². The summed E-state index contributed by atoms with van der Waals surface area (Å²) in [7, 11) is 2.04. The standard InChI is InChI=1S/C13H17FN2OS/c1-9-8-15(2)5-6-16(9)13(17)10-3-4-11(14)12(18)7-10/h3-4,7,9,18H,5-6,8H2,1-2H3. The smallest absolute Gasteiger partial charge is 0.254 e. The van der Waals surface area contributed by atoms with Crippen LogP contribution in [0.2, 0.25) is 0 Å². The van der Waals surface area contributed by atoms with Crippen molar-refractivity contribution in [2.24, 2.45) is 0 Å². The van der Waals surface area contributed by atoms with Crippen molar-refractivity contribution in [1.29, 1.82) is 0 Å². The number of carbonyl (C=O) groups excluding carboxylic acids is 1. The van der Waals surface area contributed by atoms with E-state index in [9.17, 15) is 9.18 Å². The summed E-state index contributed by atoms with van der Waals surface area (Å²) < 4.78 is 13.1. The molecule has 0 spiro atoms. The number of likely N-dealkylation sites (N-methyl/N-ethyl adjacent to an activating group) is 1. The lowest BCUT2D eigenvalue weighted by Crippen LogP contribution is -2.52. The normalized spacial score (nSPS) is 21.1. The van der Waals surface area contributed by atoms with Gasteiger partial charge in [0.05, 0.1) is 0 Å². The molecule has 0 aromatic heterocycles. The fourth-order valence-electron chi connectivity index (χ4n) is 2.25. The molecule has 5 heteroatoms. The zero-order valence-electron chi connectivity index (χ0n) is 10.6. The van der Waals surface area contributed by atoms with Gasteiger partial charge < -0.3 is 9.80 Å². The van der Waals surface area contributed by atoms with Gasteiger partial charge in [-0.3, -0.25) is 4.79 Å². The molecule has 18 heavy (non-hydrogen) atoms. The molecule has 98 valence electrons. The zero-order chi connectivity index (χ0) is 13.3. The summed E-state index contributed by atoms with van der Waals surface area (Å²) in [6.45, 7) is 4.46. The lowest BCUT2D eigenvalue weighted by molar-refractivity contribution is 0.0533. The first kappa shape index (κ1) is 13.4. The minimum absolute atomic E-state index is 0.0501. The van der Waals surface area contributed by atoms with E-state index in [-0.39, 0.29) is 16.8 Å². The fourth-order valence-corrected chi connectivity index (χ4v) is 2.47. The van der Waals surface area contributed by atoms with Crippen molar-refractivity contribution >= 4 is 18.5 Å². The van der Waals surface area contributed by atoms with Crippen molar-refractivity contribution in [1.82, 2.24) is 9.80 Å². The highest BCUT2D eigenvalue weighted by atomic mass is 32.1. The summed E-state index contributed by atoms with van der Waals surface area (Å²) in [5.74, 6) is -0.452. The molecule has 3 nitrogen and oxygen atoms in total. The predicted octanol–water partition coefficient (Wildman–Crippen LogP) is 1.89. The van der Waals surface area contributed by atoms with E-state index in [1.165, 1.54) is 18.2 Å². The van der Waals surface area contributed by atoms with Crippen LogP contribution in [-0.4, -0.2) is 48.4 Å². The molecule has 1 aromatic carbocycles. The van der Waals surface area contributed by atoms with Gasteiger partial charge >= 0.3 is 0 Å². The van der Waals surface area contributed by atoms with Crippen molar-refractivity contribution in [3.05, 3.63) is 29.6 Å². The Balaban J connectivity index is 2.18. The number of benzene rings is 1. The molecule has 1 amide bonds. The van der Waals surface area contributed by atoms with E-state index in [0.29, 0.717) is 12.1 Å². The van der Waals surface area contributed by atoms with Crippen LogP contribution in [0.4, 0.5) is 4.39 Å². The first-order valence-electron chi connectivity index (χ1n) is 5.97. The molecular formula is C13H17FN2OS. The van der Waals surface area contributed by atoms with Gasteiger partial charge in [0.15, 0.2) is 0 Å². The molecule has 1 unspecified atom stereocenters. The molecule has 0 radical (unpaired) electrons.